The molecule has 2 aromatic carbocycles. The zero-order chi connectivity index (χ0) is 15.7. The largest absolute Gasteiger partial charge is 0.618 e. The highest BCUT2D eigenvalue weighted by molar-refractivity contribution is 9.10. The summed E-state index contributed by atoms with van der Waals surface area (Å²) in [4.78, 5) is 0. The van der Waals surface area contributed by atoms with E-state index < -0.39 is 0 Å². The number of aromatic nitrogens is 1. The number of anilines is 1. The third-order valence-electron chi connectivity index (χ3n) is 3.19. The summed E-state index contributed by atoms with van der Waals surface area (Å²) in [5.41, 5.74) is 6.89. The van der Waals surface area contributed by atoms with Gasteiger partial charge in [0.25, 0.3) is 0 Å². The number of hydrogen-bond donors (Lipinski definition) is 1. The topological polar surface area (TPSA) is 71.4 Å². The summed E-state index contributed by atoms with van der Waals surface area (Å²) < 4.78 is 12.7. The highest BCUT2D eigenvalue weighted by Crippen LogP contribution is 2.32. The fraction of sp³-hybridized carbons (Fsp3) is 0.0625. The van der Waals surface area contributed by atoms with Crippen LogP contribution in [0.15, 0.2) is 53.1 Å². The first-order chi connectivity index (χ1) is 10.6. The first-order valence-electron chi connectivity index (χ1n) is 6.50. The van der Waals surface area contributed by atoms with E-state index in [1.807, 2.05) is 12.1 Å². The Labute approximate surface area is 135 Å². The highest BCUT2D eigenvalue weighted by atomic mass is 79.9. The van der Waals surface area contributed by atoms with Crippen LogP contribution in [-0.4, -0.2) is 7.11 Å². The molecule has 112 valence electrons. The Bertz CT molecular complexity index is 852. The molecule has 0 saturated carbocycles. The van der Waals surface area contributed by atoms with Crippen molar-refractivity contribution >= 4 is 32.5 Å². The number of methoxy groups -OCH3 is 1. The summed E-state index contributed by atoms with van der Waals surface area (Å²) in [6, 6.07) is 12.1. The van der Waals surface area contributed by atoms with Crippen molar-refractivity contribution < 1.29 is 14.2 Å². The molecule has 0 bridgehead atoms. The second-order valence-electron chi connectivity index (χ2n) is 4.71. The van der Waals surface area contributed by atoms with E-state index in [1.54, 1.807) is 37.4 Å². The number of nitrogens with zero attached hydrogens (tertiary/aromatic N) is 1. The van der Waals surface area contributed by atoms with Crippen molar-refractivity contribution in [3.05, 3.63) is 58.3 Å². The van der Waals surface area contributed by atoms with Gasteiger partial charge in [0.1, 0.15) is 17.2 Å². The Balaban J connectivity index is 2.09. The minimum Gasteiger partial charge on any atom is -0.618 e. The van der Waals surface area contributed by atoms with Crippen molar-refractivity contribution in [3.63, 3.8) is 0 Å². The Morgan fingerprint density at radius 1 is 1.09 bits per heavy atom. The van der Waals surface area contributed by atoms with Gasteiger partial charge in [-0.1, -0.05) is 15.9 Å². The van der Waals surface area contributed by atoms with E-state index in [-0.39, 0.29) is 0 Å². The monoisotopic (exact) mass is 360 g/mol. The zero-order valence-corrected chi connectivity index (χ0v) is 13.3. The maximum atomic E-state index is 11.9. The summed E-state index contributed by atoms with van der Waals surface area (Å²) in [6.45, 7) is 0. The number of ether oxygens (including phenoxy) is 2. The Morgan fingerprint density at radius 2 is 1.86 bits per heavy atom. The predicted molar refractivity (Wildman–Crippen MR) is 88.1 cm³/mol. The zero-order valence-electron chi connectivity index (χ0n) is 11.7. The summed E-state index contributed by atoms with van der Waals surface area (Å²) in [5, 5.41) is 12.6. The summed E-state index contributed by atoms with van der Waals surface area (Å²) >= 11 is 3.40. The van der Waals surface area contributed by atoms with Crippen LogP contribution < -0.4 is 19.9 Å². The lowest BCUT2D eigenvalue weighted by Gasteiger charge is -2.11. The van der Waals surface area contributed by atoms with Crippen LogP contribution in [0.25, 0.3) is 10.9 Å². The van der Waals surface area contributed by atoms with E-state index in [2.05, 4.69) is 15.9 Å². The Hall–Kier alpha value is -2.47. The van der Waals surface area contributed by atoms with E-state index >= 15 is 0 Å². The standard InChI is InChI=1S/C16H13BrN2O3/c1-21-12-7-11(18)8-13(9-12)22-16-4-5-19(20)15-3-2-10(17)6-14(15)16/h2-9H,18H2,1H3. The van der Waals surface area contributed by atoms with Gasteiger partial charge < -0.3 is 20.4 Å². The number of pyridine rings is 1. The van der Waals surface area contributed by atoms with Gasteiger partial charge in [0, 0.05) is 40.5 Å². The van der Waals surface area contributed by atoms with Gasteiger partial charge in [0.2, 0.25) is 5.52 Å². The lowest BCUT2D eigenvalue weighted by atomic mass is 10.2. The molecule has 3 rings (SSSR count). The summed E-state index contributed by atoms with van der Waals surface area (Å²) in [6.07, 6.45) is 1.41. The Morgan fingerprint density at radius 3 is 2.64 bits per heavy atom. The van der Waals surface area contributed by atoms with Crippen molar-refractivity contribution in [1.29, 1.82) is 0 Å². The molecule has 1 aromatic heterocycles. The van der Waals surface area contributed by atoms with Crippen molar-refractivity contribution in [1.82, 2.24) is 0 Å². The first kappa shape index (κ1) is 14.5. The molecule has 0 unspecified atom stereocenters. The SMILES string of the molecule is COc1cc(N)cc(Oc2cc[n+]([O-])c3ccc(Br)cc23)c1. The van der Waals surface area contributed by atoms with Crippen molar-refractivity contribution in [2.45, 2.75) is 0 Å². The summed E-state index contributed by atoms with van der Waals surface area (Å²) in [5.74, 6) is 1.72. The Kier molecular flexibility index (Phi) is 3.77. The molecule has 0 fully saturated rings. The normalized spacial score (nSPS) is 10.6. The molecule has 2 N–H and O–H groups in total. The minimum absolute atomic E-state index is 0.525. The molecule has 0 amide bonds. The molecular weight excluding hydrogens is 348 g/mol. The lowest BCUT2D eigenvalue weighted by Crippen LogP contribution is -2.25. The fourth-order valence-electron chi connectivity index (χ4n) is 2.19. The molecule has 0 radical (unpaired) electrons. The summed E-state index contributed by atoms with van der Waals surface area (Å²) in [7, 11) is 1.56. The van der Waals surface area contributed by atoms with Gasteiger partial charge in [-0.25, -0.2) is 0 Å². The van der Waals surface area contributed by atoms with Crippen LogP contribution in [0.5, 0.6) is 17.2 Å². The van der Waals surface area contributed by atoms with Gasteiger partial charge in [-0.3, -0.25) is 0 Å². The molecule has 0 aliphatic heterocycles. The lowest BCUT2D eigenvalue weighted by molar-refractivity contribution is -0.577. The molecular formula is C16H13BrN2O3. The molecule has 0 aliphatic carbocycles. The number of hydrogen-bond acceptors (Lipinski definition) is 4. The van der Waals surface area contributed by atoms with Crippen LogP contribution >= 0.6 is 15.9 Å². The van der Waals surface area contributed by atoms with Crippen LogP contribution in [0.2, 0.25) is 0 Å². The molecule has 6 heteroatoms. The highest BCUT2D eigenvalue weighted by Gasteiger charge is 2.12. The van der Waals surface area contributed by atoms with E-state index in [9.17, 15) is 5.21 Å². The maximum absolute atomic E-state index is 11.9. The number of fused-ring (bicyclic) bond motifs is 1. The van der Waals surface area contributed by atoms with Crippen LogP contribution in [0.4, 0.5) is 5.69 Å². The molecule has 0 spiro atoms. The molecule has 0 atom stereocenters. The molecule has 0 saturated heterocycles. The number of nitrogens with two attached hydrogens (primary N) is 1. The number of halogens is 1. The van der Waals surface area contributed by atoms with Gasteiger partial charge in [0.15, 0.2) is 6.20 Å². The molecule has 3 aromatic rings. The number of nitrogen functional groups attached to an aromatic ring is 1. The fourth-order valence-corrected chi connectivity index (χ4v) is 2.55. The van der Waals surface area contributed by atoms with E-state index in [0.717, 1.165) is 9.20 Å². The van der Waals surface area contributed by atoms with Gasteiger partial charge in [0.05, 0.1) is 12.5 Å². The smallest absolute Gasteiger partial charge is 0.227 e. The average Bonchev–Trinajstić information content (AvgIpc) is 2.49. The third-order valence-corrected chi connectivity index (χ3v) is 3.68. The molecule has 22 heavy (non-hydrogen) atoms. The van der Waals surface area contributed by atoms with Crippen LogP contribution in [-0.2, 0) is 0 Å². The molecule has 1 heterocycles. The quantitative estimate of drug-likeness (QED) is 0.439. The maximum Gasteiger partial charge on any atom is 0.227 e. The van der Waals surface area contributed by atoms with Gasteiger partial charge in [-0.15, -0.1) is 0 Å². The van der Waals surface area contributed by atoms with Crippen LogP contribution in [0, 0.1) is 5.21 Å². The minimum atomic E-state index is 0.525. The van der Waals surface area contributed by atoms with Crippen LogP contribution in [0.1, 0.15) is 0 Å². The van der Waals surface area contributed by atoms with Crippen molar-refractivity contribution in [2.75, 3.05) is 12.8 Å². The number of benzene rings is 2. The van der Waals surface area contributed by atoms with Gasteiger partial charge in [-0.2, -0.15) is 4.73 Å². The molecule has 5 nitrogen and oxygen atoms in total. The second kappa shape index (κ2) is 5.73. The van der Waals surface area contributed by atoms with E-state index in [1.165, 1.54) is 6.20 Å². The first-order valence-corrected chi connectivity index (χ1v) is 7.30. The second-order valence-corrected chi connectivity index (χ2v) is 5.63. The van der Waals surface area contributed by atoms with Crippen molar-refractivity contribution in [3.8, 4) is 17.2 Å². The predicted octanol–water partition coefficient (Wildman–Crippen LogP) is 3.62. The average molecular weight is 361 g/mol. The number of rotatable bonds is 3. The van der Waals surface area contributed by atoms with Crippen molar-refractivity contribution in [2.24, 2.45) is 0 Å². The van der Waals surface area contributed by atoms with Gasteiger partial charge >= 0.3 is 0 Å². The van der Waals surface area contributed by atoms with E-state index in [0.29, 0.717) is 33.8 Å². The van der Waals surface area contributed by atoms with E-state index in [4.69, 9.17) is 15.2 Å². The van der Waals surface area contributed by atoms with Gasteiger partial charge in [-0.05, 0) is 12.1 Å². The van der Waals surface area contributed by atoms with Crippen LogP contribution in [0.3, 0.4) is 0 Å². The molecule has 0 aliphatic rings. The third kappa shape index (κ3) is 2.78.